The van der Waals surface area contributed by atoms with Gasteiger partial charge in [0.2, 0.25) is 5.91 Å². The van der Waals surface area contributed by atoms with Crippen molar-refractivity contribution in [1.82, 2.24) is 15.1 Å². The Kier molecular flexibility index (Phi) is 5.27. The third-order valence-corrected chi connectivity index (χ3v) is 6.67. The van der Waals surface area contributed by atoms with Crippen LogP contribution in [-0.2, 0) is 14.6 Å². The highest BCUT2D eigenvalue weighted by Crippen LogP contribution is 2.30. The minimum atomic E-state index is -2.99. The van der Waals surface area contributed by atoms with Gasteiger partial charge in [-0.3, -0.25) is 14.8 Å². The molecule has 3 aromatic rings. The van der Waals surface area contributed by atoms with E-state index in [1.807, 2.05) is 0 Å². The number of sulfone groups is 1. The van der Waals surface area contributed by atoms with Crippen molar-refractivity contribution in [3.63, 3.8) is 0 Å². The van der Waals surface area contributed by atoms with Crippen LogP contribution in [0.5, 0.6) is 0 Å². The molecule has 0 saturated carbocycles. The Hall–Kier alpha value is -3.24. The van der Waals surface area contributed by atoms with Crippen molar-refractivity contribution < 1.29 is 23.1 Å². The zero-order valence-electron chi connectivity index (χ0n) is 16.0. The Morgan fingerprint density at radius 1 is 1.13 bits per heavy atom. The van der Waals surface area contributed by atoms with Crippen molar-refractivity contribution in [2.24, 2.45) is 0 Å². The van der Waals surface area contributed by atoms with Crippen molar-refractivity contribution in [1.29, 1.82) is 0 Å². The van der Waals surface area contributed by atoms with Crippen LogP contribution >= 0.6 is 0 Å². The van der Waals surface area contributed by atoms with E-state index >= 15 is 0 Å². The summed E-state index contributed by atoms with van der Waals surface area (Å²) in [6.45, 7) is 0.785. The van der Waals surface area contributed by atoms with Gasteiger partial charge in [-0.25, -0.2) is 13.2 Å². The molecule has 1 aliphatic rings. The van der Waals surface area contributed by atoms with Crippen LogP contribution < -0.4 is 5.32 Å². The number of aromatic nitrogens is 2. The topological polar surface area (TPSA) is 132 Å². The number of carbonyl (C=O) groups is 2. The molecule has 0 unspecified atom stereocenters. The molecule has 0 spiro atoms. The number of carboxylic acids is 1. The zero-order chi connectivity index (χ0) is 21.3. The van der Waals surface area contributed by atoms with Crippen LogP contribution in [0.2, 0.25) is 0 Å². The monoisotopic (exact) mass is 428 g/mol. The van der Waals surface area contributed by atoms with Gasteiger partial charge in [0, 0.05) is 29.7 Å². The first-order valence-electron chi connectivity index (χ1n) is 9.36. The average Bonchev–Trinajstić information content (AvgIpc) is 3.12. The molecule has 0 atom stereocenters. The van der Waals surface area contributed by atoms with E-state index in [2.05, 4.69) is 15.5 Å². The summed E-state index contributed by atoms with van der Waals surface area (Å²) in [6, 6.07) is 11.8. The number of hydrogen-bond donors (Lipinski definition) is 3. The molecule has 4 rings (SSSR count). The first kappa shape index (κ1) is 20.0. The Labute approximate surface area is 172 Å². The van der Waals surface area contributed by atoms with Gasteiger partial charge in [0.15, 0.2) is 9.84 Å². The quantitative estimate of drug-likeness (QED) is 0.562. The third kappa shape index (κ3) is 4.19. The van der Waals surface area contributed by atoms with Crippen molar-refractivity contribution in [3.8, 4) is 11.3 Å². The van der Waals surface area contributed by atoms with Crippen molar-refractivity contribution in [2.75, 3.05) is 36.5 Å². The lowest BCUT2D eigenvalue weighted by Crippen LogP contribution is -2.43. The lowest BCUT2D eigenvalue weighted by atomic mass is 10.0. The minimum absolute atomic E-state index is 0.0631. The van der Waals surface area contributed by atoms with Crippen molar-refractivity contribution in [2.45, 2.75) is 0 Å². The molecule has 0 radical (unpaired) electrons. The number of aromatic carboxylic acids is 1. The number of nitrogens with zero attached hydrogens (tertiary/aromatic N) is 2. The number of fused-ring (bicyclic) bond motifs is 1. The molecule has 2 heterocycles. The van der Waals surface area contributed by atoms with Gasteiger partial charge in [-0.2, -0.15) is 5.10 Å². The molecule has 30 heavy (non-hydrogen) atoms. The standard InChI is InChI=1S/C20H20N4O5S/c25-18(12-24-7-9-30(28,29)10-8-24)21-13-5-6-17-16(11-13)19(23-22-17)14-3-1-2-4-15(14)20(26)27/h1-6,11H,7-10,12H2,(H,21,25)(H,22,23)(H,26,27). The second-order valence-electron chi connectivity index (χ2n) is 7.16. The maximum atomic E-state index is 12.4. The van der Waals surface area contributed by atoms with E-state index in [1.54, 1.807) is 41.3 Å². The molecule has 10 heteroatoms. The number of aromatic amines is 1. The molecular formula is C20H20N4O5S. The van der Waals surface area contributed by atoms with E-state index in [0.29, 0.717) is 40.9 Å². The number of rotatable bonds is 5. The molecule has 1 saturated heterocycles. The summed E-state index contributed by atoms with van der Waals surface area (Å²) in [7, 11) is -2.99. The smallest absolute Gasteiger partial charge is 0.336 e. The highest BCUT2D eigenvalue weighted by molar-refractivity contribution is 7.91. The predicted octanol–water partition coefficient (Wildman–Crippen LogP) is 1.60. The summed E-state index contributed by atoms with van der Waals surface area (Å²) < 4.78 is 23.0. The molecule has 1 aromatic heterocycles. The summed E-state index contributed by atoms with van der Waals surface area (Å²) >= 11 is 0. The van der Waals surface area contributed by atoms with E-state index in [1.165, 1.54) is 6.07 Å². The molecule has 9 nitrogen and oxygen atoms in total. The predicted molar refractivity (Wildman–Crippen MR) is 112 cm³/mol. The lowest BCUT2D eigenvalue weighted by molar-refractivity contribution is -0.117. The second-order valence-corrected chi connectivity index (χ2v) is 9.46. The molecular weight excluding hydrogens is 408 g/mol. The van der Waals surface area contributed by atoms with Crippen LogP contribution in [0.3, 0.4) is 0 Å². The van der Waals surface area contributed by atoms with Gasteiger partial charge in [0.1, 0.15) is 5.69 Å². The molecule has 0 bridgehead atoms. The van der Waals surface area contributed by atoms with Crippen LogP contribution in [-0.4, -0.2) is 71.6 Å². The fourth-order valence-electron chi connectivity index (χ4n) is 3.49. The average molecular weight is 428 g/mol. The number of benzene rings is 2. The van der Waals surface area contributed by atoms with Gasteiger partial charge in [-0.05, 0) is 24.3 Å². The highest BCUT2D eigenvalue weighted by Gasteiger charge is 2.23. The maximum absolute atomic E-state index is 12.4. The number of hydrogen-bond acceptors (Lipinski definition) is 6. The van der Waals surface area contributed by atoms with Gasteiger partial charge >= 0.3 is 5.97 Å². The van der Waals surface area contributed by atoms with E-state index in [9.17, 15) is 23.1 Å². The fraction of sp³-hybridized carbons (Fsp3) is 0.250. The summed E-state index contributed by atoms with van der Waals surface area (Å²) in [5.41, 5.74) is 2.37. The first-order valence-corrected chi connectivity index (χ1v) is 11.2. The van der Waals surface area contributed by atoms with Gasteiger partial charge in [0.25, 0.3) is 0 Å². The van der Waals surface area contributed by atoms with E-state index in [-0.39, 0.29) is 29.5 Å². The van der Waals surface area contributed by atoms with Crippen molar-refractivity contribution >= 4 is 38.3 Å². The highest BCUT2D eigenvalue weighted by atomic mass is 32.2. The van der Waals surface area contributed by atoms with Gasteiger partial charge in [-0.1, -0.05) is 18.2 Å². The summed E-state index contributed by atoms with van der Waals surface area (Å²) in [5.74, 6) is -1.17. The van der Waals surface area contributed by atoms with Gasteiger partial charge in [0.05, 0.1) is 29.1 Å². The lowest BCUT2D eigenvalue weighted by Gasteiger charge is -2.25. The van der Waals surface area contributed by atoms with Crippen LogP contribution in [0.1, 0.15) is 10.4 Å². The molecule has 3 N–H and O–H groups in total. The number of anilines is 1. The van der Waals surface area contributed by atoms with Crippen molar-refractivity contribution in [3.05, 3.63) is 48.0 Å². The van der Waals surface area contributed by atoms with Gasteiger partial charge < -0.3 is 10.4 Å². The van der Waals surface area contributed by atoms with Crippen LogP contribution in [0.4, 0.5) is 5.69 Å². The molecule has 1 amide bonds. The maximum Gasteiger partial charge on any atom is 0.336 e. The number of nitrogens with one attached hydrogen (secondary N) is 2. The third-order valence-electron chi connectivity index (χ3n) is 5.06. The SMILES string of the molecule is O=C(CN1CCS(=O)(=O)CC1)Nc1ccc2[nH]nc(-c3ccccc3C(=O)O)c2c1. The molecule has 1 fully saturated rings. The van der Waals surface area contributed by atoms with Crippen LogP contribution in [0.15, 0.2) is 42.5 Å². The minimum Gasteiger partial charge on any atom is -0.478 e. The Balaban J connectivity index is 1.55. The van der Waals surface area contributed by atoms with Crippen LogP contribution in [0.25, 0.3) is 22.2 Å². The second kappa shape index (κ2) is 7.88. The number of amides is 1. The largest absolute Gasteiger partial charge is 0.478 e. The van der Waals surface area contributed by atoms with Crippen LogP contribution in [0, 0.1) is 0 Å². The molecule has 156 valence electrons. The fourth-order valence-corrected chi connectivity index (χ4v) is 4.76. The van der Waals surface area contributed by atoms with E-state index in [0.717, 1.165) is 0 Å². The molecule has 1 aliphatic heterocycles. The summed E-state index contributed by atoms with van der Waals surface area (Å²) in [4.78, 5) is 25.8. The summed E-state index contributed by atoms with van der Waals surface area (Å²) in [6.07, 6.45) is 0. The Morgan fingerprint density at radius 2 is 1.87 bits per heavy atom. The number of carbonyl (C=O) groups excluding carboxylic acids is 1. The summed E-state index contributed by atoms with van der Waals surface area (Å²) in [5, 5.41) is 20.1. The normalized spacial score (nSPS) is 16.4. The first-order chi connectivity index (χ1) is 14.3. The van der Waals surface area contributed by atoms with Gasteiger partial charge in [-0.15, -0.1) is 0 Å². The number of carboxylic acid groups (broad SMARTS) is 1. The molecule has 0 aliphatic carbocycles. The molecule has 2 aromatic carbocycles. The van der Waals surface area contributed by atoms with E-state index < -0.39 is 15.8 Å². The Morgan fingerprint density at radius 3 is 2.60 bits per heavy atom. The Bertz CT molecular complexity index is 1220. The van der Waals surface area contributed by atoms with E-state index in [4.69, 9.17) is 0 Å². The zero-order valence-corrected chi connectivity index (χ0v) is 16.8. The number of H-pyrrole nitrogens is 1.